The summed E-state index contributed by atoms with van der Waals surface area (Å²) in [5.74, 6) is -0.820. The number of benzene rings is 2. The lowest BCUT2D eigenvalue weighted by molar-refractivity contribution is -0.152. The molecule has 1 aromatic heterocycles. The molecule has 0 saturated heterocycles. The third-order valence-electron chi connectivity index (χ3n) is 4.75. The van der Waals surface area contributed by atoms with Crippen LogP contribution in [0.3, 0.4) is 0 Å². The molecule has 0 saturated carbocycles. The zero-order valence-corrected chi connectivity index (χ0v) is 16.9. The van der Waals surface area contributed by atoms with E-state index in [4.69, 9.17) is 9.15 Å². The third kappa shape index (κ3) is 4.25. The second-order valence-corrected chi connectivity index (χ2v) is 7.33. The molecule has 0 spiro atoms. The largest absolute Gasteiger partial charge is 0.464 e. The molecule has 0 aliphatic carbocycles. The molecule has 146 valence electrons. The maximum atomic E-state index is 12.5. The number of amides is 1. The highest BCUT2D eigenvalue weighted by molar-refractivity contribution is 5.96. The summed E-state index contributed by atoms with van der Waals surface area (Å²) in [5, 5.41) is 3.75. The predicted octanol–water partition coefficient (Wildman–Crippen LogP) is 4.78. The summed E-state index contributed by atoms with van der Waals surface area (Å²) in [5.41, 5.74) is 6.42. The molecule has 1 atom stereocenters. The number of esters is 1. The standard InChI is InChI=1S/C23H25NO4/c1-13-6-7-19-18(12-27-20(19)10-13)11-21(25)28-17(5)23(26)24-22-15(3)8-14(2)9-16(22)4/h6-10,12,17H,11H2,1-5H3,(H,24,26)/t17-/m1/s1. The Morgan fingerprint density at radius 1 is 1.04 bits per heavy atom. The van der Waals surface area contributed by atoms with Gasteiger partial charge < -0.3 is 14.5 Å². The van der Waals surface area contributed by atoms with E-state index in [1.807, 2.05) is 58.0 Å². The van der Waals surface area contributed by atoms with Crippen molar-refractivity contribution in [2.24, 2.45) is 0 Å². The van der Waals surface area contributed by atoms with Crippen LogP contribution in [0.1, 0.15) is 34.7 Å². The molecule has 28 heavy (non-hydrogen) atoms. The van der Waals surface area contributed by atoms with E-state index in [0.717, 1.165) is 44.5 Å². The molecule has 1 amide bonds. The van der Waals surface area contributed by atoms with Crippen molar-refractivity contribution in [2.45, 2.75) is 47.1 Å². The minimum Gasteiger partial charge on any atom is -0.464 e. The first kappa shape index (κ1) is 19.7. The summed E-state index contributed by atoms with van der Waals surface area (Å²) in [6, 6.07) is 9.83. The van der Waals surface area contributed by atoms with E-state index in [-0.39, 0.29) is 12.3 Å². The molecule has 3 aromatic rings. The summed E-state index contributed by atoms with van der Waals surface area (Å²) in [4.78, 5) is 24.8. The highest BCUT2D eigenvalue weighted by Crippen LogP contribution is 2.24. The Labute approximate surface area is 164 Å². The molecule has 1 N–H and O–H groups in total. The Kier molecular flexibility index (Phi) is 5.54. The van der Waals surface area contributed by atoms with Crippen LogP contribution < -0.4 is 5.32 Å². The SMILES string of the molecule is Cc1cc(C)c(NC(=O)[C@@H](C)OC(=O)Cc2coc3cc(C)ccc23)c(C)c1. The van der Waals surface area contributed by atoms with Gasteiger partial charge in [0.1, 0.15) is 5.58 Å². The van der Waals surface area contributed by atoms with Crippen LogP contribution in [0.15, 0.2) is 41.0 Å². The van der Waals surface area contributed by atoms with Crippen LogP contribution in [-0.2, 0) is 20.7 Å². The molecule has 0 radical (unpaired) electrons. The van der Waals surface area contributed by atoms with E-state index in [0.29, 0.717) is 0 Å². The number of hydrogen-bond donors (Lipinski definition) is 1. The van der Waals surface area contributed by atoms with Gasteiger partial charge >= 0.3 is 5.97 Å². The monoisotopic (exact) mass is 379 g/mol. The molecule has 2 aromatic carbocycles. The number of fused-ring (bicyclic) bond motifs is 1. The van der Waals surface area contributed by atoms with Crippen molar-refractivity contribution in [3.05, 3.63) is 64.4 Å². The predicted molar refractivity (Wildman–Crippen MR) is 109 cm³/mol. The molecular weight excluding hydrogens is 354 g/mol. The van der Waals surface area contributed by atoms with Gasteiger partial charge in [-0.15, -0.1) is 0 Å². The van der Waals surface area contributed by atoms with Crippen LogP contribution in [-0.4, -0.2) is 18.0 Å². The van der Waals surface area contributed by atoms with Gasteiger partial charge in [0.05, 0.1) is 12.7 Å². The van der Waals surface area contributed by atoms with Gasteiger partial charge in [-0.3, -0.25) is 9.59 Å². The van der Waals surface area contributed by atoms with Crippen LogP contribution in [0.25, 0.3) is 11.0 Å². The fraction of sp³-hybridized carbons (Fsp3) is 0.304. The van der Waals surface area contributed by atoms with Gasteiger partial charge in [0, 0.05) is 16.6 Å². The average Bonchev–Trinajstić information content (AvgIpc) is 2.99. The first-order valence-electron chi connectivity index (χ1n) is 9.29. The van der Waals surface area contributed by atoms with Crippen molar-refractivity contribution < 1.29 is 18.7 Å². The van der Waals surface area contributed by atoms with Crippen LogP contribution >= 0.6 is 0 Å². The number of ether oxygens (including phenoxy) is 1. The maximum Gasteiger partial charge on any atom is 0.311 e. The number of carbonyl (C=O) groups is 2. The average molecular weight is 379 g/mol. The molecule has 1 heterocycles. The van der Waals surface area contributed by atoms with E-state index < -0.39 is 12.1 Å². The van der Waals surface area contributed by atoms with Crippen LogP contribution in [0.2, 0.25) is 0 Å². The third-order valence-corrected chi connectivity index (χ3v) is 4.75. The van der Waals surface area contributed by atoms with Crippen molar-refractivity contribution in [3.63, 3.8) is 0 Å². The van der Waals surface area contributed by atoms with E-state index in [1.54, 1.807) is 13.2 Å². The Bertz CT molecular complexity index is 1020. The number of aryl methyl sites for hydroxylation is 4. The second-order valence-electron chi connectivity index (χ2n) is 7.33. The van der Waals surface area contributed by atoms with Gasteiger partial charge in [-0.25, -0.2) is 0 Å². The lowest BCUT2D eigenvalue weighted by Gasteiger charge is -2.16. The van der Waals surface area contributed by atoms with Gasteiger partial charge in [0.2, 0.25) is 0 Å². The number of furan rings is 1. The van der Waals surface area contributed by atoms with Gasteiger partial charge in [-0.2, -0.15) is 0 Å². The van der Waals surface area contributed by atoms with Crippen molar-refractivity contribution in [1.29, 1.82) is 0 Å². The molecule has 0 aliphatic rings. The number of hydrogen-bond acceptors (Lipinski definition) is 4. The summed E-state index contributed by atoms with van der Waals surface area (Å²) >= 11 is 0. The van der Waals surface area contributed by atoms with E-state index in [1.165, 1.54) is 0 Å². The molecular formula is C23H25NO4. The summed E-state index contributed by atoms with van der Waals surface area (Å²) in [6.07, 6.45) is 0.721. The first-order valence-corrected chi connectivity index (χ1v) is 9.29. The normalized spacial score (nSPS) is 12.0. The van der Waals surface area contributed by atoms with E-state index in [2.05, 4.69) is 5.32 Å². The molecule has 5 heteroatoms. The molecule has 0 fully saturated rings. The highest BCUT2D eigenvalue weighted by atomic mass is 16.5. The molecule has 0 bridgehead atoms. The second kappa shape index (κ2) is 7.89. The number of rotatable bonds is 5. The van der Waals surface area contributed by atoms with Crippen LogP contribution in [0, 0.1) is 27.7 Å². The summed E-state index contributed by atoms with van der Waals surface area (Å²) in [6.45, 7) is 9.45. The molecule has 5 nitrogen and oxygen atoms in total. The molecule has 0 aliphatic heterocycles. The highest BCUT2D eigenvalue weighted by Gasteiger charge is 2.20. The Hall–Kier alpha value is -3.08. The Morgan fingerprint density at radius 2 is 1.71 bits per heavy atom. The zero-order valence-electron chi connectivity index (χ0n) is 16.9. The number of anilines is 1. The Morgan fingerprint density at radius 3 is 2.39 bits per heavy atom. The summed E-state index contributed by atoms with van der Waals surface area (Å²) in [7, 11) is 0. The summed E-state index contributed by atoms with van der Waals surface area (Å²) < 4.78 is 10.9. The smallest absolute Gasteiger partial charge is 0.311 e. The van der Waals surface area contributed by atoms with Gasteiger partial charge in [-0.05, 0) is 57.4 Å². The first-order chi connectivity index (χ1) is 13.2. The maximum absolute atomic E-state index is 12.5. The molecule has 0 unspecified atom stereocenters. The topological polar surface area (TPSA) is 68.5 Å². The number of carbonyl (C=O) groups excluding carboxylic acids is 2. The van der Waals surface area contributed by atoms with Crippen molar-refractivity contribution in [2.75, 3.05) is 5.32 Å². The zero-order chi connectivity index (χ0) is 20.4. The van der Waals surface area contributed by atoms with Gasteiger partial charge in [-0.1, -0.05) is 29.8 Å². The van der Waals surface area contributed by atoms with Crippen LogP contribution in [0.4, 0.5) is 5.69 Å². The lowest BCUT2D eigenvalue weighted by atomic mass is 10.0. The van der Waals surface area contributed by atoms with Gasteiger partial charge in [0.25, 0.3) is 5.91 Å². The van der Waals surface area contributed by atoms with E-state index in [9.17, 15) is 9.59 Å². The van der Waals surface area contributed by atoms with E-state index >= 15 is 0 Å². The molecule has 3 rings (SSSR count). The van der Waals surface area contributed by atoms with Crippen molar-refractivity contribution in [3.8, 4) is 0 Å². The number of nitrogens with one attached hydrogen (secondary N) is 1. The minimum atomic E-state index is -0.895. The van der Waals surface area contributed by atoms with Gasteiger partial charge in [0.15, 0.2) is 6.10 Å². The fourth-order valence-electron chi connectivity index (χ4n) is 3.38. The lowest BCUT2D eigenvalue weighted by Crippen LogP contribution is -2.31. The quantitative estimate of drug-likeness (QED) is 0.648. The minimum absolute atomic E-state index is 0.0519. The Balaban J connectivity index is 1.64. The van der Waals surface area contributed by atoms with Crippen molar-refractivity contribution in [1.82, 2.24) is 0 Å². The fourth-order valence-corrected chi connectivity index (χ4v) is 3.38. The van der Waals surface area contributed by atoms with Crippen LogP contribution in [0.5, 0.6) is 0 Å². The van der Waals surface area contributed by atoms with Crippen molar-refractivity contribution >= 4 is 28.5 Å².